The van der Waals surface area contributed by atoms with Crippen molar-refractivity contribution in [2.24, 2.45) is 0 Å². The minimum Gasteiger partial charge on any atom is -0.306 e. The smallest absolute Gasteiger partial charge is 0.137 e. The van der Waals surface area contributed by atoms with Crippen molar-refractivity contribution in [1.82, 2.24) is 5.32 Å². The summed E-state index contributed by atoms with van der Waals surface area (Å²) >= 11 is 10.5. The van der Waals surface area contributed by atoms with Gasteiger partial charge in [-0.2, -0.15) is 0 Å². The van der Waals surface area contributed by atoms with Crippen LogP contribution in [0.1, 0.15) is 30.5 Å². The Labute approximate surface area is 149 Å². The standard InChI is InChI=1S/C16H15Br3FN/c1-2-8-21-16(11-4-3-5-14(20)15(11)19)12-9-10(17)6-7-13(12)18/h3-7,9,16,21H,2,8H2,1H3. The van der Waals surface area contributed by atoms with E-state index in [0.29, 0.717) is 4.47 Å². The fourth-order valence-electron chi connectivity index (χ4n) is 2.16. The van der Waals surface area contributed by atoms with Gasteiger partial charge in [-0.3, -0.25) is 0 Å². The number of hydrogen-bond acceptors (Lipinski definition) is 1. The van der Waals surface area contributed by atoms with E-state index in [-0.39, 0.29) is 11.9 Å². The van der Waals surface area contributed by atoms with Crippen molar-refractivity contribution < 1.29 is 4.39 Å². The predicted molar refractivity (Wildman–Crippen MR) is 96.1 cm³/mol. The predicted octanol–water partition coefficient (Wildman–Crippen LogP) is 6.20. The fraction of sp³-hybridized carbons (Fsp3) is 0.250. The van der Waals surface area contributed by atoms with Crippen LogP contribution in [0.4, 0.5) is 4.39 Å². The lowest BCUT2D eigenvalue weighted by Gasteiger charge is -2.22. The molecule has 5 heteroatoms. The first-order valence-corrected chi connectivity index (χ1v) is 9.04. The minimum absolute atomic E-state index is 0.0816. The third-order valence-corrected chi connectivity index (χ3v) is 5.21. The molecule has 2 aromatic carbocycles. The fourth-order valence-corrected chi connectivity index (χ4v) is 3.50. The summed E-state index contributed by atoms with van der Waals surface area (Å²) in [5.74, 6) is -0.248. The van der Waals surface area contributed by atoms with Crippen LogP contribution in [0.25, 0.3) is 0 Å². The highest BCUT2D eigenvalue weighted by atomic mass is 79.9. The highest BCUT2D eigenvalue weighted by Crippen LogP contribution is 2.35. The van der Waals surface area contributed by atoms with Crippen LogP contribution in [-0.2, 0) is 0 Å². The maximum atomic E-state index is 13.9. The van der Waals surface area contributed by atoms with Gasteiger partial charge in [-0.15, -0.1) is 0 Å². The molecule has 112 valence electrons. The molecule has 0 saturated heterocycles. The SMILES string of the molecule is CCCNC(c1cc(Br)ccc1Br)c1cccc(F)c1Br. The summed E-state index contributed by atoms with van der Waals surface area (Å²) in [5.41, 5.74) is 1.96. The van der Waals surface area contributed by atoms with Crippen LogP contribution >= 0.6 is 47.8 Å². The van der Waals surface area contributed by atoms with E-state index in [1.165, 1.54) is 6.07 Å². The van der Waals surface area contributed by atoms with Crippen molar-refractivity contribution >= 4 is 47.8 Å². The monoisotopic (exact) mass is 477 g/mol. The molecule has 0 amide bonds. The van der Waals surface area contributed by atoms with Gasteiger partial charge in [-0.05, 0) is 64.3 Å². The van der Waals surface area contributed by atoms with Crippen LogP contribution in [0.15, 0.2) is 49.8 Å². The molecule has 1 nitrogen and oxygen atoms in total. The van der Waals surface area contributed by atoms with E-state index in [1.54, 1.807) is 6.07 Å². The Balaban J connectivity index is 2.52. The Morgan fingerprint density at radius 2 is 1.86 bits per heavy atom. The van der Waals surface area contributed by atoms with Gasteiger partial charge in [0, 0.05) is 8.95 Å². The summed E-state index contributed by atoms with van der Waals surface area (Å²) in [6.07, 6.45) is 1.01. The third kappa shape index (κ3) is 4.15. The van der Waals surface area contributed by atoms with Crippen LogP contribution in [0.5, 0.6) is 0 Å². The van der Waals surface area contributed by atoms with Crippen molar-refractivity contribution in [2.75, 3.05) is 6.54 Å². The van der Waals surface area contributed by atoms with E-state index < -0.39 is 0 Å². The molecule has 0 spiro atoms. The van der Waals surface area contributed by atoms with Crippen LogP contribution in [0.2, 0.25) is 0 Å². The molecule has 2 rings (SSSR count). The third-order valence-electron chi connectivity index (χ3n) is 3.16. The largest absolute Gasteiger partial charge is 0.306 e. The summed E-state index contributed by atoms with van der Waals surface area (Å²) in [7, 11) is 0. The minimum atomic E-state index is -0.248. The first kappa shape index (κ1) is 17.1. The van der Waals surface area contributed by atoms with Crippen molar-refractivity contribution in [3.63, 3.8) is 0 Å². The summed E-state index contributed by atoms with van der Waals surface area (Å²) < 4.78 is 16.4. The van der Waals surface area contributed by atoms with Crippen molar-refractivity contribution in [3.05, 3.63) is 66.8 Å². The summed E-state index contributed by atoms with van der Waals surface area (Å²) in [6, 6.07) is 11.1. The highest BCUT2D eigenvalue weighted by molar-refractivity contribution is 9.11. The van der Waals surface area contributed by atoms with Gasteiger partial charge < -0.3 is 5.32 Å². The molecule has 0 aliphatic carbocycles. The van der Waals surface area contributed by atoms with Gasteiger partial charge in [0.2, 0.25) is 0 Å². The van der Waals surface area contributed by atoms with E-state index in [1.807, 2.05) is 18.2 Å². The maximum absolute atomic E-state index is 13.9. The van der Waals surface area contributed by atoms with Gasteiger partial charge in [-0.1, -0.05) is 50.9 Å². The number of nitrogens with one attached hydrogen (secondary N) is 1. The highest BCUT2D eigenvalue weighted by Gasteiger charge is 2.20. The maximum Gasteiger partial charge on any atom is 0.137 e. The van der Waals surface area contributed by atoms with Crippen molar-refractivity contribution in [2.45, 2.75) is 19.4 Å². The zero-order valence-electron chi connectivity index (χ0n) is 11.5. The molecule has 1 unspecified atom stereocenters. The Kier molecular flexibility index (Phi) is 6.41. The van der Waals surface area contributed by atoms with Crippen molar-refractivity contribution in [3.8, 4) is 0 Å². The van der Waals surface area contributed by atoms with E-state index in [2.05, 4.69) is 66.1 Å². The van der Waals surface area contributed by atoms with Gasteiger partial charge in [0.1, 0.15) is 5.82 Å². The molecule has 0 aliphatic rings. The number of benzene rings is 2. The summed E-state index contributed by atoms with van der Waals surface area (Å²) in [6.45, 7) is 2.97. The molecular formula is C16H15Br3FN. The van der Waals surface area contributed by atoms with Gasteiger partial charge in [0.15, 0.2) is 0 Å². The number of halogens is 4. The molecule has 1 N–H and O–H groups in total. The molecule has 0 heterocycles. The topological polar surface area (TPSA) is 12.0 Å². The zero-order chi connectivity index (χ0) is 15.4. The van der Waals surface area contributed by atoms with Crippen LogP contribution in [0.3, 0.4) is 0 Å². The molecule has 2 aromatic rings. The number of hydrogen-bond donors (Lipinski definition) is 1. The quantitative estimate of drug-likeness (QED) is 0.538. The van der Waals surface area contributed by atoms with Crippen LogP contribution in [0, 0.1) is 5.82 Å². The van der Waals surface area contributed by atoms with Gasteiger partial charge in [0.25, 0.3) is 0 Å². The summed E-state index contributed by atoms with van der Waals surface area (Å²) in [4.78, 5) is 0. The number of rotatable bonds is 5. The van der Waals surface area contributed by atoms with Gasteiger partial charge in [-0.25, -0.2) is 4.39 Å². The second kappa shape index (κ2) is 7.86. The molecule has 1 atom stereocenters. The van der Waals surface area contributed by atoms with Crippen LogP contribution in [-0.4, -0.2) is 6.54 Å². The average molecular weight is 480 g/mol. The molecule has 0 bridgehead atoms. The molecular weight excluding hydrogens is 465 g/mol. The summed E-state index contributed by atoms with van der Waals surface area (Å²) in [5, 5.41) is 3.49. The van der Waals surface area contributed by atoms with Gasteiger partial charge in [0.05, 0.1) is 10.5 Å². The lowest BCUT2D eigenvalue weighted by Crippen LogP contribution is -2.24. The molecule has 21 heavy (non-hydrogen) atoms. The Bertz CT molecular complexity index is 629. The second-order valence-corrected chi connectivity index (χ2v) is 7.26. The van der Waals surface area contributed by atoms with E-state index in [9.17, 15) is 4.39 Å². The van der Waals surface area contributed by atoms with E-state index >= 15 is 0 Å². The lowest BCUT2D eigenvalue weighted by molar-refractivity contribution is 0.578. The molecule has 0 saturated carbocycles. The van der Waals surface area contributed by atoms with E-state index in [4.69, 9.17) is 0 Å². The first-order valence-electron chi connectivity index (χ1n) is 6.66. The second-order valence-electron chi connectivity index (χ2n) is 4.70. The normalized spacial score (nSPS) is 12.4. The molecule has 0 radical (unpaired) electrons. The van der Waals surface area contributed by atoms with E-state index in [0.717, 1.165) is 33.0 Å². The molecule has 0 aromatic heterocycles. The van der Waals surface area contributed by atoms with Crippen molar-refractivity contribution in [1.29, 1.82) is 0 Å². The lowest BCUT2D eigenvalue weighted by atomic mass is 9.98. The average Bonchev–Trinajstić information content (AvgIpc) is 2.47. The first-order chi connectivity index (χ1) is 10.0. The Morgan fingerprint density at radius 3 is 2.57 bits per heavy atom. The zero-order valence-corrected chi connectivity index (χ0v) is 16.2. The molecule has 0 aliphatic heterocycles. The Morgan fingerprint density at radius 1 is 1.10 bits per heavy atom. The van der Waals surface area contributed by atoms with Gasteiger partial charge >= 0.3 is 0 Å². The van der Waals surface area contributed by atoms with Crippen LogP contribution < -0.4 is 5.32 Å². The molecule has 0 fully saturated rings. The Hall–Kier alpha value is -0.230.